The molecule has 0 aliphatic heterocycles. The van der Waals surface area contributed by atoms with Crippen LogP contribution >= 0.6 is 0 Å². The first-order valence-electron chi connectivity index (χ1n) is 6.26. The van der Waals surface area contributed by atoms with Gasteiger partial charge in [-0.15, -0.1) is 0 Å². The van der Waals surface area contributed by atoms with Crippen molar-refractivity contribution in [2.45, 2.75) is 53.5 Å². The van der Waals surface area contributed by atoms with E-state index in [1.165, 1.54) is 0 Å². The highest BCUT2D eigenvalue weighted by Gasteiger charge is 2.22. The predicted molar refractivity (Wildman–Crippen MR) is 67.6 cm³/mol. The summed E-state index contributed by atoms with van der Waals surface area (Å²) in [5.74, 6) is -0.181. The Balaban J connectivity index is 4.26. The molecule has 0 aromatic carbocycles. The zero-order valence-electron chi connectivity index (χ0n) is 11.5. The molecule has 1 unspecified atom stereocenters. The Morgan fingerprint density at radius 3 is 2.00 bits per heavy atom. The SMILES string of the molecule is CC(C)C[C@@H](NC(=O)CC(C)C(C)C)C(=O)O. The molecule has 0 bridgehead atoms. The zero-order chi connectivity index (χ0) is 13.6. The van der Waals surface area contributed by atoms with Crippen LogP contribution in [0.2, 0.25) is 0 Å². The molecule has 0 aliphatic rings. The Morgan fingerprint density at radius 2 is 1.65 bits per heavy atom. The number of amides is 1. The minimum Gasteiger partial charge on any atom is -0.480 e. The Hall–Kier alpha value is -1.06. The van der Waals surface area contributed by atoms with Gasteiger partial charge in [-0.05, 0) is 24.2 Å². The van der Waals surface area contributed by atoms with Crippen molar-refractivity contribution in [1.29, 1.82) is 0 Å². The molecule has 0 aliphatic carbocycles. The largest absolute Gasteiger partial charge is 0.480 e. The van der Waals surface area contributed by atoms with Crippen molar-refractivity contribution in [3.63, 3.8) is 0 Å². The summed E-state index contributed by atoms with van der Waals surface area (Å²) >= 11 is 0. The number of rotatable bonds is 7. The average molecular weight is 243 g/mol. The third-order valence-corrected chi connectivity index (χ3v) is 2.99. The molecule has 0 spiro atoms. The van der Waals surface area contributed by atoms with Gasteiger partial charge in [0.15, 0.2) is 0 Å². The fourth-order valence-corrected chi connectivity index (χ4v) is 1.47. The van der Waals surface area contributed by atoms with Gasteiger partial charge in [0.05, 0.1) is 0 Å². The van der Waals surface area contributed by atoms with Gasteiger partial charge >= 0.3 is 5.97 Å². The molecule has 4 nitrogen and oxygen atoms in total. The van der Waals surface area contributed by atoms with Crippen molar-refractivity contribution >= 4 is 11.9 Å². The molecule has 0 radical (unpaired) electrons. The molecule has 0 saturated carbocycles. The van der Waals surface area contributed by atoms with Gasteiger partial charge in [-0.25, -0.2) is 4.79 Å². The second-order valence-electron chi connectivity index (χ2n) is 5.51. The van der Waals surface area contributed by atoms with E-state index in [-0.39, 0.29) is 17.7 Å². The first-order valence-corrected chi connectivity index (χ1v) is 6.26. The van der Waals surface area contributed by atoms with Crippen LogP contribution in [-0.4, -0.2) is 23.0 Å². The van der Waals surface area contributed by atoms with Gasteiger partial charge in [-0.1, -0.05) is 34.6 Å². The molecular formula is C13H25NO3. The number of hydrogen-bond donors (Lipinski definition) is 2. The van der Waals surface area contributed by atoms with Gasteiger partial charge in [0.2, 0.25) is 5.91 Å². The van der Waals surface area contributed by atoms with Gasteiger partial charge in [-0.2, -0.15) is 0 Å². The van der Waals surface area contributed by atoms with E-state index in [1.807, 2.05) is 20.8 Å². The quantitative estimate of drug-likeness (QED) is 0.721. The van der Waals surface area contributed by atoms with Crippen molar-refractivity contribution in [3.05, 3.63) is 0 Å². The van der Waals surface area contributed by atoms with E-state index in [0.29, 0.717) is 18.8 Å². The monoisotopic (exact) mass is 243 g/mol. The molecule has 0 heterocycles. The average Bonchev–Trinajstić information content (AvgIpc) is 2.15. The highest BCUT2D eigenvalue weighted by molar-refractivity contribution is 5.83. The van der Waals surface area contributed by atoms with Crippen LogP contribution in [-0.2, 0) is 9.59 Å². The van der Waals surface area contributed by atoms with E-state index < -0.39 is 12.0 Å². The highest BCUT2D eigenvalue weighted by Crippen LogP contribution is 2.14. The molecule has 17 heavy (non-hydrogen) atoms. The van der Waals surface area contributed by atoms with Gasteiger partial charge in [-0.3, -0.25) is 4.79 Å². The number of carboxylic acids is 1. The standard InChI is InChI=1S/C13H25NO3/c1-8(2)6-11(13(16)17)14-12(15)7-10(5)9(3)4/h8-11H,6-7H2,1-5H3,(H,14,15)(H,16,17)/t10?,11-/m1/s1. The maximum Gasteiger partial charge on any atom is 0.326 e. The second-order valence-corrected chi connectivity index (χ2v) is 5.51. The van der Waals surface area contributed by atoms with Crippen LogP contribution < -0.4 is 5.32 Å². The van der Waals surface area contributed by atoms with Crippen molar-refractivity contribution in [2.24, 2.45) is 17.8 Å². The molecule has 2 atom stereocenters. The molecule has 0 fully saturated rings. The molecule has 2 N–H and O–H groups in total. The van der Waals surface area contributed by atoms with Gasteiger partial charge in [0.1, 0.15) is 6.04 Å². The molecular weight excluding hydrogens is 218 g/mol. The van der Waals surface area contributed by atoms with Gasteiger partial charge in [0.25, 0.3) is 0 Å². The Labute approximate surface area is 104 Å². The summed E-state index contributed by atoms with van der Waals surface area (Å²) in [6, 6.07) is -0.762. The molecule has 1 amide bonds. The smallest absolute Gasteiger partial charge is 0.326 e. The minimum atomic E-state index is -0.954. The summed E-state index contributed by atoms with van der Waals surface area (Å²) < 4.78 is 0. The summed E-state index contributed by atoms with van der Waals surface area (Å²) in [6.07, 6.45) is 0.858. The predicted octanol–water partition coefficient (Wildman–Crippen LogP) is 2.28. The Bertz CT molecular complexity index is 261. The van der Waals surface area contributed by atoms with Crippen molar-refractivity contribution in [2.75, 3.05) is 0 Å². The summed E-state index contributed by atoms with van der Waals surface area (Å²) in [4.78, 5) is 22.7. The second kappa shape index (κ2) is 7.30. The van der Waals surface area contributed by atoms with E-state index in [9.17, 15) is 9.59 Å². The van der Waals surface area contributed by atoms with E-state index >= 15 is 0 Å². The first-order chi connectivity index (χ1) is 7.73. The lowest BCUT2D eigenvalue weighted by atomic mass is 9.94. The van der Waals surface area contributed by atoms with Gasteiger partial charge in [0, 0.05) is 6.42 Å². The summed E-state index contributed by atoms with van der Waals surface area (Å²) in [5.41, 5.74) is 0. The van der Waals surface area contributed by atoms with Crippen LogP contribution in [0, 0.1) is 17.8 Å². The number of carboxylic acid groups (broad SMARTS) is 1. The normalized spacial score (nSPS) is 14.8. The molecule has 4 heteroatoms. The molecule has 100 valence electrons. The Kier molecular flexibility index (Phi) is 6.85. The maximum atomic E-state index is 11.7. The third kappa shape index (κ3) is 6.97. The summed E-state index contributed by atoms with van der Waals surface area (Å²) in [5, 5.41) is 11.6. The first kappa shape index (κ1) is 15.9. The molecule has 0 saturated heterocycles. The Morgan fingerprint density at radius 1 is 1.12 bits per heavy atom. The van der Waals surface area contributed by atoms with Crippen molar-refractivity contribution in [1.82, 2.24) is 5.32 Å². The topological polar surface area (TPSA) is 66.4 Å². The van der Waals surface area contributed by atoms with E-state index in [2.05, 4.69) is 19.2 Å². The van der Waals surface area contributed by atoms with Gasteiger partial charge < -0.3 is 10.4 Å². The number of nitrogens with one attached hydrogen (secondary N) is 1. The summed E-state index contributed by atoms with van der Waals surface area (Å²) in [6.45, 7) is 10.0. The number of aliphatic carboxylic acids is 1. The van der Waals surface area contributed by atoms with Crippen LogP contribution in [0.4, 0.5) is 0 Å². The van der Waals surface area contributed by atoms with E-state index in [4.69, 9.17) is 5.11 Å². The van der Waals surface area contributed by atoms with Crippen LogP contribution in [0.1, 0.15) is 47.5 Å². The minimum absolute atomic E-state index is 0.167. The molecule has 0 rings (SSSR count). The van der Waals surface area contributed by atoms with Crippen molar-refractivity contribution < 1.29 is 14.7 Å². The lowest BCUT2D eigenvalue weighted by Gasteiger charge is -2.19. The van der Waals surface area contributed by atoms with E-state index in [0.717, 1.165) is 0 Å². The van der Waals surface area contributed by atoms with Crippen molar-refractivity contribution in [3.8, 4) is 0 Å². The third-order valence-electron chi connectivity index (χ3n) is 2.99. The zero-order valence-corrected chi connectivity index (χ0v) is 11.5. The fraction of sp³-hybridized carbons (Fsp3) is 0.846. The number of carbonyl (C=O) groups excluding carboxylic acids is 1. The van der Waals surface area contributed by atoms with E-state index in [1.54, 1.807) is 0 Å². The lowest BCUT2D eigenvalue weighted by molar-refractivity contribution is -0.142. The highest BCUT2D eigenvalue weighted by atomic mass is 16.4. The number of carbonyl (C=O) groups is 2. The van der Waals surface area contributed by atoms with Crippen LogP contribution in [0.5, 0.6) is 0 Å². The van der Waals surface area contributed by atoms with Crippen LogP contribution in [0.3, 0.4) is 0 Å². The number of hydrogen-bond acceptors (Lipinski definition) is 2. The summed E-state index contributed by atoms with van der Waals surface area (Å²) in [7, 11) is 0. The molecule has 0 aromatic rings. The lowest BCUT2D eigenvalue weighted by Crippen LogP contribution is -2.42. The van der Waals surface area contributed by atoms with Crippen LogP contribution in [0.25, 0.3) is 0 Å². The molecule has 0 aromatic heterocycles. The van der Waals surface area contributed by atoms with Crippen LogP contribution in [0.15, 0.2) is 0 Å². The fourth-order valence-electron chi connectivity index (χ4n) is 1.47. The maximum absolute atomic E-state index is 11.7.